The van der Waals surface area contributed by atoms with Crippen LogP contribution in [0.3, 0.4) is 0 Å². The summed E-state index contributed by atoms with van der Waals surface area (Å²) < 4.78 is 5.40. The van der Waals surface area contributed by atoms with Crippen LogP contribution in [0.15, 0.2) is 0 Å². The predicted molar refractivity (Wildman–Crippen MR) is 114 cm³/mol. The maximum absolute atomic E-state index is 11.7. The first kappa shape index (κ1) is 25.4. The molecule has 0 aromatic heterocycles. The monoisotopic (exact) mass is 369 g/mol. The van der Waals surface area contributed by atoms with Crippen molar-refractivity contribution in [2.24, 2.45) is 0 Å². The highest BCUT2D eigenvalue weighted by molar-refractivity contribution is 5.69. The fraction of sp³-hybridized carbons (Fsp3) is 0.957. The van der Waals surface area contributed by atoms with Crippen molar-refractivity contribution in [3.05, 3.63) is 0 Å². The van der Waals surface area contributed by atoms with Crippen molar-refractivity contribution in [1.29, 1.82) is 0 Å². The van der Waals surface area contributed by atoms with Crippen molar-refractivity contribution >= 4 is 5.97 Å². The average molecular weight is 370 g/mol. The largest absolute Gasteiger partial charge is 0.461 e. The second-order valence-electron chi connectivity index (χ2n) is 8.26. The number of hydrogen-bond acceptors (Lipinski definition) is 3. The molecular weight excluding hydrogens is 322 g/mol. The Bertz CT molecular complexity index is 305. The molecule has 1 unspecified atom stereocenters. The highest BCUT2D eigenvalue weighted by Crippen LogP contribution is 2.14. The van der Waals surface area contributed by atoms with E-state index in [4.69, 9.17) is 4.74 Å². The molecule has 26 heavy (non-hydrogen) atoms. The number of esters is 1. The summed E-state index contributed by atoms with van der Waals surface area (Å²) in [4.78, 5) is 13.8. The first-order valence-corrected chi connectivity index (χ1v) is 11.4. The minimum Gasteiger partial charge on any atom is -0.461 e. The van der Waals surface area contributed by atoms with Gasteiger partial charge >= 0.3 is 5.97 Å². The third-order valence-corrected chi connectivity index (χ3v) is 4.94. The number of nitrogens with zero attached hydrogens (tertiary/aromatic N) is 1. The van der Waals surface area contributed by atoms with Gasteiger partial charge in [-0.05, 0) is 27.4 Å². The summed E-state index contributed by atoms with van der Waals surface area (Å²) in [7, 11) is 4.00. The van der Waals surface area contributed by atoms with E-state index in [1.54, 1.807) is 0 Å². The quantitative estimate of drug-likeness (QED) is 0.186. The van der Waals surface area contributed by atoms with Crippen LogP contribution in [0.2, 0.25) is 0 Å². The van der Waals surface area contributed by atoms with Crippen LogP contribution < -0.4 is 0 Å². The van der Waals surface area contributed by atoms with Crippen LogP contribution >= 0.6 is 0 Å². The average Bonchev–Trinajstić information content (AvgIpc) is 2.57. The molecule has 0 heterocycles. The van der Waals surface area contributed by atoms with E-state index in [1.165, 1.54) is 83.5 Å². The van der Waals surface area contributed by atoms with E-state index in [9.17, 15) is 4.79 Å². The Kier molecular flexibility index (Phi) is 18.8. The van der Waals surface area contributed by atoms with Crippen LogP contribution in [-0.4, -0.2) is 37.6 Å². The highest BCUT2D eigenvalue weighted by Gasteiger charge is 2.09. The lowest BCUT2D eigenvalue weighted by Crippen LogP contribution is -2.27. The maximum Gasteiger partial charge on any atom is 0.306 e. The molecule has 0 rings (SSSR count). The van der Waals surface area contributed by atoms with Crippen LogP contribution in [0.25, 0.3) is 0 Å². The van der Waals surface area contributed by atoms with E-state index in [0.717, 1.165) is 19.4 Å². The SMILES string of the molecule is CCCCCCCCCCCCCCCCCC(=O)OC(C)CN(C)C. The number of carbonyl (C=O) groups excluding carboxylic acids is 1. The van der Waals surface area contributed by atoms with Gasteiger partial charge in [0, 0.05) is 13.0 Å². The van der Waals surface area contributed by atoms with Crippen LogP contribution in [-0.2, 0) is 9.53 Å². The maximum atomic E-state index is 11.7. The molecule has 0 aromatic carbocycles. The lowest BCUT2D eigenvalue weighted by Gasteiger charge is -2.17. The normalized spacial score (nSPS) is 12.5. The Hall–Kier alpha value is -0.570. The second kappa shape index (κ2) is 19.2. The molecule has 0 saturated heterocycles. The molecule has 0 bridgehead atoms. The lowest BCUT2D eigenvalue weighted by molar-refractivity contribution is -0.148. The Morgan fingerprint density at radius 3 is 1.50 bits per heavy atom. The summed E-state index contributed by atoms with van der Waals surface area (Å²) in [6.45, 7) is 5.04. The van der Waals surface area contributed by atoms with Gasteiger partial charge in [-0.15, -0.1) is 0 Å². The van der Waals surface area contributed by atoms with Crippen molar-refractivity contribution in [1.82, 2.24) is 4.90 Å². The molecule has 0 saturated carbocycles. The van der Waals surface area contributed by atoms with E-state index >= 15 is 0 Å². The molecule has 0 aromatic rings. The molecule has 156 valence electrons. The van der Waals surface area contributed by atoms with Crippen LogP contribution in [0.5, 0.6) is 0 Å². The molecule has 0 amide bonds. The first-order chi connectivity index (χ1) is 12.6. The number of likely N-dealkylation sites (N-methyl/N-ethyl adjacent to an activating group) is 1. The van der Waals surface area contributed by atoms with Gasteiger partial charge in [0.1, 0.15) is 6.10 Å². The number of carbonyl (C=O) groups is 1. The summed E-state index contributed by atoms with van der Waals surface area (Å²) in [5, 5.41) is 0. The molecule has 0 N–H and O–H groups in total. The van der Waals surface area contributed by atoms with Gasteiger partial charge < -0.3 is 9.64 Å². The Labute approximate surface area is 164 Å². The van der Waals surface area contributed by atoms with Crippen LogP contribution in [0.1, 0.15) is 117 Å². The third kappa shape index (κ3) is 19.8. The highest BCUT2D eigenvalue weighted by atomic mass is 16.5. The summed E-state index contributed by atoms with van der Waals surface area (Å²) in [6, 6.07) is 0. The van der Waals surface area contributed by atoms with Crippen LogP contribution in [0.4, 0.5) is 0 Å². The molecule has 0 fully saturated rings. The Morgan fingerprint density at radius 2 is 1.12 bits per heavy atom. The number of rotatable bonds is 19. The van der Waals surface area contributed by atoms with Crippen molar-refractivity contribution in [3.8, 4) is 0 Å². The molecule has 0 spiro atoms. The summed E-state index contributed by atoms with van der Waals surface area (Å²) in [5.41, 5.74) is 0. The number of hydrogen-bond donors (Lipinski definition) is 0. The Morgan fingerprint density at radius 1 is 0.731 bits per heavy atom. The second-order valence-corrected chi connectivity index (χ2v) is 8.26. The van der Waals surface area contributed by atoms with Crippen molar-refractivity contribution < 1.29 is 9.53 Å². The van der Waals surface area contributed by atoms with Gasteiger partial charge in [-0.25, -0.2) is 0 Å². The third-order valence-electron chi connectivity index (χ3n) is 4.94. The zero-order valence-corrected chi connectivity index (χ0v) is 18.4. The lowest BCUT2D eigenvalue weighted by atomic mass is 10.0. The van der Waals surface area contributed by atoms with Gasteiger partial charge in [0.05, 0.1) is 0 Å². The predicted octanol–water partition coefficient (Wildman–Crippen LogP) is 6.74. The minimum absolute atomic E-state index is 0.00570. The van der Waals surface area contributed by atoms with Gasteiger partial charge in [-0.1, -0.05) is 96.8 Å². The van der Waals surface area contributed by atoms with Gasteiger partial charge in [0.15, 0.2) is 0 Å². The fourth-order valence-corrected chi connectivity index (χ4v) is 3.48. The van der Waals surface area contributed by atoms with Crippen molar-refractivity contribution in [2.75, 3.05) is 20.6 Å². The van der Waals surface area contributed by atoms with E-state index < -0.39 is 0 Å². The van der Waals surface area contributed by atoms with Gasteiger partial charge in [0.2, 0.25) is 0 Å². The van der Waals surface area contributed by atoms with E-state index in [2.05, 4.69) is 6.92 Å². The molecule has 3 heteroatoms. The van der Waals surface area contributed by atoms with Crippen molar-refractivity contribution in [2.45, 2.75) is 123 Å². The molecular formula is C23H47NO2. The zero-order chi connectivity index (χ0) is 19.5. The topological polar surface area (TPSA) is 29.5 Å². The smallest absolute Gasteiger partial charge is 0.306 e. The zero-order valence-electron chi connectivity index (χ0n) is 18.4. The van der Waals surface area contributed by atoms with Gasteiger partial charge in [-0.3, -0.25) is 4.79 Å². The molecule has 0 radical (unpaired) electrons. The first-order valence-electron chi connectivity index (χ1n) is 11.4. The Balaban J connectivity index is 3.20. The van der Waals surface area contributed by atoms with Crippen LogP contribution in [0, 0.1) is 0 Å². The standard InChI is InChI=1S/C23H47NO2/c1-5-6-7-8-9-10-11-12-13-14-15-16-17-18-19-20-23(25)26-22(2)21-24(3)4/h22H,5-21H2,1-4H3. The van der Waals surface area contributed by atoms with Crippen molar-refractivity contribution in [3.63, 3.8) is 0 Å². The summed E-state index contributed by atoms with van der Waals surface area (Å²) in [5.74, 6) is -0.0333. The van der Waals surface area contributed by atoms with E-state index in [0.29, 0.717) is 6.42 Å². The fourth-order valence-electron chi connectivity index (χ4n) is 3.48. The van der Waals surface area contributed by atoms with Gasteiger partial charge in [-0.2, -0.15) is 0 Å². The number of unbranched alkanes of at least 4 members (excludes halogenated alkanes) is 14. The molecule has 0 aliphatic rings. The van der Waals surface area contributed by atoms with E-state index in [1.807, 2.05) is 25.9 Å². The summed E-state index contributed by atoms with van der Waals surface area (Å²) in [6.07, 6.45) is 20.8. The minimum atomic E-state index is -0.0333. The molecule has 0 aliphatic heterocycles. The number of ether oxygens (including phenoxy) is 1. The molecule has 0 aliphatic carbocycles. The molecule has 3 nitrogen and oxygen atoms in total. The summed E-state index contributed by atoms with van der Waals surface area (Å²) >= 11 is 0. The van der Waals surface area contributed by atoms with Gasteiger partial charge in [0.25, 0.3) is 0 Å². The van der Waals surface area contributed by atoms with E-state index in [-0.39, 0.29) is 12.1 Å². The molecule has 1 atom stereocenters.